The fraction of sp³-hybridized carbons (Fsp3) is 0.897. The Morgan fingerprint density at radius 1 is 0.612 bits per heavy atom. The van der Waals surface area contributed by atoms with Gasteiger partial charge in [-0.1, -0.05) is 135 Å². The summed E-state index contributed by atoms with van der Waals surface area (Å²) in [5.74, 6) is -0.841. The molecule has 290 valence electrons. The van der Waals surface area contributed by atoms with Crippen LogP contribution in [0.4, 0.5) is 0 Å². The van der Waals surface area contributed by atoms with Crippen LogP contribution < -0.4 is 4.89 Å². The van der Waals surface area contributed by atoms with Gasteiger partial charge in [-0.2, -0.15) is 0 Å². The second-order valence-electron chi connectivity index (χ2n) is 14.7. The van der Waals surface area contributed by atoms with Gasteiger partial charge in [0, 0.05) is 12.8 Å². The maximum atomic E-state index is 12.6. The Bertz CT molecular complexity index is 860. The largest absolute Gasteiger partial charge is 0.756 e. The van der Waals surface area contributed by atoms with E-state index in [-0.39, 0.29) is 32.0 Å². The second-order valence-corrected chi connectivity index (χ2v) is 16.1. The zero-order valence-corrected chi connectivity index (χ0v) is 33.3. The van der Waals surface area contributed by atoms with Crippen LogP contribution in [0.5, 0.6) is 0 Å². The lowest BCUT2D eigenvalue weighted by Gasteiger charge is -2.28. The summed E-state index contributed by atoms with van der Waals surface area (Å²) in [6.45, 7) is 4.20. The number of esters is 2. The highest BCUT2D eigenvalue weighted by Gasteiger charge is 2.21. The molecule has 0 radical (unpaired) electrons. The molecule has 0 rings (SSSR count). The molecule has 0 N–H and O–H groups in total. The van der Waals surface area contributed by atoms with Crippen LogP contribution in [0.1, 0.15) is 174 Å². The van der Waals surface area contributed by atoms with Gasteiger partial charge >= 0.3 is 11.9 Å². The summed E-state index contributed by atoms with van der Waals surface area (Å²) in [4.78, 5) is 37.3. The maximum absolute atomic E-state index is 12.6. The highest BCUT2D eigenvalue weighted by atomic mass is 31.2. The lowest BCUT2D eigenvalue weighted by atomic mass is 10.1. The molecule has 1 unspecified atom stereocenters. The molecule has 0 spiro atoms. The van der Waals surface area contributed by atoms with Gasteiger partial charge in [0.25, 0.3) is 7.82 Å². The van der Waals surface area contributed by atoms with E-state index in [0.717, 1.165) is 51.4 Å². The van der Waals surface area contributed by atoms with Crippen molar-refractivity contribution in [2.24, 2.45) is 0 Å². The van der Waals surface area contributed by atoms with Crippen molar-refractivity contribution >= 4 is 19.8 Å². The number of phosphoric acid groups is 1. The first kappa shape index (κ1) is 47.8. The molecule has 0 saturated carbocycles. The number of quaternary nitrogens is 1. The van der Waals surface area contributed by atoms with Gasteiger partial charge in [-0.3, -0.25) is 14.2 Å². The van der Waals surface area contributed by atoms with Gasteiger partial charge in [0.05, 0.1) is 27.7 Å². The Morgan fingerprint density at radius 2 is 1.04 bits per heavy atom. The van der Waals surface area contributed by atoms with Crippen molar-refractivity contribution < 1.29 is 42.1 Å². The number of carbonyl (C=O) groups is 2. The molecule has 0 aromatic rings. The molecule has 49 heavy (non-hydrogen) atoms. The third-order valence-corrected chi connectivity index (χ3v) is 9.50. The zero-order chi connectivity index (χ0) is 36.5. The molecule has 0 saturated heterocycles. The van der Waals surface area contributed by atoms with Gasteiger partial charge in [-0.15, -0.1) is 0 Å². The van der Waals surface area contributed by atoms with E-state index in [9.17, 15) is 19.0 Å². The van der Waals surface area contributed by atoms with Crippen molar-refractivity contribution in [1.29, 1.82) is 0 Å². The highest BCUT2D eigenvalue weighted by molar-refractivity contribution is 7.45. The molecular weight excluding hydrogens is 641 g/mol. The van der Waals surface area contributed by atoms with Gasteiger partial charge in [0.2, 0.25) is 0 Å². The van der Waals surface area contributed by atoms with Crippen LogP contribution in [-0.4, -0.2) is 70.0 Å². The minimum absolute atomic E-state index is 0.0297. The quantitative estimate of drug-likeness (QED) is 0.0207. The molecule has 0 aromatic carbocycles. The molecule has 0 heterocycles. The molecule has 0 aliphatic carbocycles. The topological polar surface area (TPSA) is 111 Å². The van der Waals surface area contributed by atoms with Crippen molar-refractivity contribution in [3.8, 4) is 0 Å². The van der Waals surface area contributed by atoms with Gasteiger partial charge in [-0.25, -0.2) is 0 Å². The summed E-state index contributed by atoms with van der Waals surface area (Å²) in [7, 11) is 1.17. The van der Waals surface area contributed by atoms with Crippen molar-refractivity contribution in [3.63, 3.8) is 0 Å². The van der Waals surface area contributed by atoms with Crippen molar-refractivity contribution in [1.82, 2.24) is 0 Å². The number of rotatable bonds is 36. The van der Waals surface area contributed by atoms with E-state index < -0.39 is 26.5 Å². The third kappa shape index (κ3) is 36.3. The van der Waals surface area contributed by atoms with Crippen LogP contribution in [-0.2, 0) is 32.7 Å². The standard InChI is InChI=1S/C39H76NO8P/c1-6-8-10-12-14-16-18-19-20-22-24-26-28-30-32-39(42)48-37(36-47-49(43,44)46-34-33-40(3,4)5)35-45-38(41)31-29-27-25-23-21-17-15-13-11-9-7-2/h18-19,37H,6-17,20-36H2,1-5H3/b19-18-/t37-/m1/s1. The average Bonchev–Trinajstić information content (AvgIpc) is 3.04. The van der Waals surface area contributed by atoms with Crippen molar-refractivity contribution in [2.75, 3.05) is 47.5 Å². The number of phosphoric ester groups is 1. The van der Waals surface area contributed by atoms with Gasteiger partial charge in [-0.05, 0) is 38.5 Å². The maximum Gasteiger partial charge on any atom is 0.306 e. The first-order valence-corrected chi connectivity index (χ1v) is 21.4. The molecule has 0 aromatic heterocycles. The first-order chi connectivity index (χ1) is 23.5. The number of ether oxygens (including phenoxy) is 2. The van der Waals surface area contributed by atoms with Gasteiger partial charge < -0.3 is 27.9 Å². The Balaban J connectivity index is 4.42. The number of likely N-dealkylation sites (N-methyl/N-ethyl adjacent to an activating group) is 1. The smallest absolute Gasteiger partial charge is 0.306 e. The summed E-state index contributed by atoms with van der Waals surface area (Å²) in [6, 6.07) is 0. The number of hydrogen-bond acceptors (Lipinski definition) is 8. The van der Waals surface area contributed by atoms with E-state index in [0.29, 0.717) is 17.4 Å². The summed E-state index contributed by atoms with van der Waals surface area (Å²) in [5.41, 5.74) is 0. The predicted octanol–water partition coefficient (Wildman–Crippen LogP) is 10.00. The van der Waals surface area contributed by atoms with E-state index >= 15 is 0 Å². The lowest BCUT2D eigenvalue weighted by Crippen LogP contribution is -2.37. The van der Waals surface area contributed by atoms with Crippen molar-refractivity contribution in [2.45, 2.75) is 180 Å². The number of nitrogens with zero attached hydrogens (tertiary/aromatic N) is 1. The van der Waals surface area contributed by atoms with E-state index in [1.807, 2.05) is 21.1 Å². The normalized spacial score (nSPS) is 13.8. The molecule has 10 heteroatoms. The fourth-order valence-corrected chi connectivity index (χ4v) is 6.08. The minimum Gasteiger partial charge on any atom is -0.756 e. The monoisotopic (exact) mass is 718 g/mol. The van der Waals surface area contributed by atoms with Crippen LogP contribution in [0.25, 0.3) is 0 Å². The molecule has 9 nitrogen and oxygen atoms in total. The Labute approximate surface area is 301 Å². The number of hydrogen-bond donors (Lipinski definition) is 0. The van der Waals surface area contributed by atoms with Crippen LogP contribution in [0, 0.1) is 0 Å². The van der Waals surface area contributed by atoms with E-state index in [4.69, 9.17) is 18.5 Å². The van der Waals surface area contributed by atoms with Crippen LogP contribution in [0.15, 0.2) is 12.2 Å². The van der Waals surface area contributed by atoms with Crippen molar-refractivity contribution in [3.05, 3.63) is 12.2 Å². The summed E-state index contributed by atoms with van der Waals surface area (Å²) >= 11 is 0. The zero-order valence-electron chi connectivity index (χ0n) is 32.4. The van der Waals surface area contributed by atoms with Crippen LogP contribution in [0.3, 0.4) is 0 Å². The molecular formula is C39H76NO8P. The molecule has 0 bridgehead atoms. The first-order valence-electron chi connectivity index (χ1n) is 19.9. The predicted molar refractivity (Wildman–Crippen MR) is 199 cm³/mol. The summed E-state index contributed by atoms with van der Waals surface area (Å²) < 4.78 is 33.7. The number of carbonyl (C=O) groups excluding carboxylic acids is 2. The molecule has 0 fully saturated rings. The van der Waals surface area contributed by atoms with Gasteiger partial charge in [0.15, 0.2) is 6.10 Å². The second kappa shape index (κ2) is 32.6. The van der Waals surface area contributed by atoms with Crippen LogP contribution >= 0.6 is 7.82 Å². The fourth-order valence-electron chi connectivity index (χ4n) is 5.35. The number of allylic oxidation sites excluding steroid dienone is 2. The lowest BCUT2D eigenvalue weighted by molar-refractivity contribution is -0.870. The Kier molecular flexibility index (Phi) is 31.8. The van der Waals surface area contributed by atoms with E-state index in [2.05, 4.69) is 26.0 Å². The molecule has 0 aliphatic heterocycles. The van der Waals surface area contributed by atoms with Crippen LogP contribution in [0.2, 0.25) is 0 Å². The molecule has 2 atom stereocenters. The highest BCUT2D eigenvalue weighted by Crippen LogP contribution is 2.38. The SMILES string of the molecule is CCCCCCC/C=C\CCCCCCCC(=O)O[C@H](COC(=O)CCCCCCCCCCCCC)COP(=O)([O-])OCC[N+](C)(C)C. The summed E-state index contributed by atoms with van der Waals surface area (Å²) in [6.07, 6.45) is 30.9. The molecule has 0 aliphatic rings. The minimum atomic E-state index is -4.61. The van der Waals surface area contributed by atoms with E-state index in [1.54, 1.807) is 0 Å². The molecule has 0 amide bonds. The number of unbranched alkanes of at least 4 members (excludes halogenated alkanes) is 20. The average molecular weight is 718 g/mol. The van der Waals surface area contributed by atoms with Gasteiger partial charge in [0.1, 0.15) is 19.8 Å². The Hall–Kier alpha value is -1.25. The van der Waals surface area contributed by atoms with E-state index in [1.165, 1.54) is 89.9 Å². The summed E-state index contributed by atoms with van der Waals surface area (Å²) in [5, 5.41) is 0. The third-order valence-electron chi connectivity index (χ3n) is 8.54. The Morgan fingerprint density at radius 3 is 1.51 bits per heavy atom.